The normalized spacial score (nSPS) is 17.5. The molecule has 2 rings (SSSR count). The molecule has 29 heavy (non-hydrogen) atoms. The van der Waals surface area contributed by atoms with Crippen LogP contribution in [0.3, 0.4) is 0 Å². The van der Waals surface area contributed by atoms with Crippen LogP contribution in [0.5, 0.6) is 0 Å². The van der Waals surface area contributed by atoms with E-state index in [2.05, 4.69) is 29.4 Å². The molecule has 2 unspecified atom stereocenters. The Labute approximate surface area is 191 Å². The van der Waals surface area contributed by atoms with Gasteiger partial charge in [-0.1, -0.05) is 26.0 Å². The van der Waals surface area contributed by atoms with E-state index in [0.29, 0.717) is 18.5 Å². The minimum atomic E-state index is -0.246. The summed E-state index contributed by atoms with van der Waals surface area (Å²) in [7, 11) is 1.66. The molecular formula is C21H36FIN4O2. The molecule has 0 spiro atoms. The molecule has 0 saturated carbocycles. The molecule has 166 valence electrons. The van der Waals surface area contributed by atoms with E-state index in [9.17, 15) is 4.39 Å². The first-order valence-corrected chi connectivity index (χ1v) is 10.2. The van der Waals surface area contributed by atoms with E-state index < -0.39 is 0 Å². The van der Waals surface area contributed by atoms with E-state index in [1.54, 1.807) is 19.2 Å². The van der Waals surface area contributed by atoms with Crippen molar-refractivity contribution in [2.75, 3.05) is 53.0 Å². The van der Waals surface area contributed by atoms with Gasteiger partial charge in [-0.15, -0.1) is 24.0 Å². The number of rotatable bonds is 9. The lowest BCUT2D eigenvalue weighted by molar-refractivity contribution is 0.00866. The highest BCUT2D eigenvalue weighted by molar-refractivity contribution is 14.0. The molecule has 0 aliphatic carbocycles. The van der Waals surface area contributed by atoms with Crippen molar-refractivity contribution in [2.45, 2.75) is 32.9 Å². The first kappa shape index (κ1) is 26.1. The second kappa shape index (κ2) is 14.1. The Balaban J connectivity index is 0.00000420. The zero-order valence-electron chi connectivity index (χ0n) is 18.0. The standard InChI is InChI=1S/C21H35FN4O2.HI/c1-5-23-21(24-14-19(16(2)3)26-10-12-28-13-11-26)25-15-20(27-4)17-6-8-18(22)9-7-17;/h6-9,16,19-20H,5,10-15H2,1-4H3,(H2,23,24,25);1H. The molecule has 1 aromatic rings. The second-order valence-electron chi connectivity index (χ2n) is 7.34. The molecule has 1 aromatic carbocycles. The van der Waals surface area contributed by atoms with Gasteiger partial charge in [-0.25, -0.2) is 4.39 Å². The Bertz CT molecular complexity index is 595. The molecule has 1 aliphatic rings. The van der Waals surface area contributed by atoms with E-state index in [1.165, 1.54) is 12.1 Å². The number of morpholine rings is 1. The summed E-state index contributed by atoms with van der Waals surface area (Å²) in [6.07, 6.45) is -0.176. The van der Waals surface area contributed by atoms with E-state index in [-0.39, 0.29) is 35.9 Å². The molecule has 1 heterocycles. The van der Waals surface area contributed by atoms with Gasteiger partial charge in [0, 0.05) is 39.3 Å². The summed E-state index contributed by atoms with van der Waals surface area (Å²) in [5, 5.41) is 6.66. The summed E-state index contributed by atoms with van der Waals surface area (Å²) >= 11 is 0. The largest absolute Gasteiger partial charge is 0.379 e. The fraction of sp³-hybridized carbons (Fsp3) is 0.667. The minimum Gasteiger partial charge on any atom is -0.379 e. The number of nitrogens with zero attached hydrogens (tertiary/aromatic N) is 2. The van der Waals surface area contributed by atoms with E-state index in [0.717, 1.165) is 50.9 Å². The van der Waals surface area contributed by atoms with Crippen LogP contribution in [0.25, 0.3) is 0 Å². The Morgan fingerprint density at radius 3 is 2.41 bits per heavy atom. The number of hydrogen-bond acceptors (Lipinski definition) is 4. The fourth-order valence-electron chi connectivity index (χ4n) is 3.39. The Kier molecular flexibility index (Phi) is 12.7. The third kappa shape index (κ3) is 8.74. The van der Waals surface area contributed by atoms with Crippen molar-refractivity contribution in [1.29, 1.82) is 0 Å². The molecule has 6 nitrogen and oxygen atoms in total. The maximum absolute atomic E-state index is 13.2. The third-order valence-electron chi connectivity index (χ3n) is 5.05. The highest BCUT2D eigenvalue weighted by Gasteiger charge is 2.23. The number of nitrogens with one attached hydrogen (secondary N) is 2. The predicted molar refractivity (Wildman–Crippen MR) is 127 cm³/mol. The Hall–Kier alpha value is -0.970. The van der Waals surface area contributed by atoms with Crippen LogP contribution < -0.4 is 10.6 Å². The lowest BCUT2D eigenvalue weighted by Crippen LogP contribution is -2.48. The smallest absolute Gasteiger partial charge is 0.191 e. The van der Waals surface area contributed by atoms with Crippen molar-refractivity contribution >= 4 is 29.9 Å². The van der Waals surface area contributed by atoms with E-state index in [4.69, 9.17) is 14.5 Å². The van der Waals surface area contributed by atoms with Crippen LogP contribution in [0.15, 0.2) is 29.3 Å². The average molecular weight is 522 g/mol. The number of halogens is 2. The minimum absolute atomic E-state index is 0. The highest BCUT2D eigenvalue weighted by Crippen LogP contribution is 2.16. The monoisotopic (exact) mass is 522 g/mol. The van der Waals surface area contributed by atoms with Crippen molar-refractivity contribution < 1.29 is 13.9 Å². The van der Waals surface area contributed by atoms with Gasteiger partial charge in [-0.05, 0) is 30.5 Å². The van der Waals surface area contributed by atoms with Gasteiger partial charge in [0.15, 0.2) is 5.96 Å². The van der Waals surface area contributed by atoms with Crippen LogP contribution in [0, 0.1) is 11.7 Å². The third-order valence-corrected chi connectivity index (χ3v) is 5.05. The van der Waals surface area contributed by atoms with Crippen LogP contribution in [0.4, 0.5) is 4.39 Å². The SMILES string of the molecule is CCNC(=NCC(C(C)C)N1CCOCC1)NCC(OC)c1ccc(F)cc1.I. The molecule has 0 amide bonds. The topological polar surface area (TPSA) is 58.1 Å². The quantitative estimate of drug-likeness (QED) is 0.297. The van der Waals surface area contributed by atoms with Crippen LogP contribution in [-0.2, 0) is 9.47 Å². The maximum Gasteiger partial charge on any atom is 0.191 e. The molecule has 2 N–H and O–H groups in total. The van der Waals surface area contributed by atoms with Crippen molar-refractivity contribution in [1.82, 2.24) is 15.5 Å². The average Bonchev–Trinajstić information content (AvgIpc) is 2.70. The molecule has 0 bridgehead atoms. The summed E-state index contributed by atoms with van der Waals surface area (Å²) in [4.78, 5) is 7.29. The number of methoxy groups -OCH3 is 1. The number of ether oxygens (including phenoxy) is 2. The highest BCUT2D eigenvalue weighted by atomic mass is 127. The molecule has 2 atom stereocenters. The van der Waals surface area contributed by atoms with Crippen LogP contribution >= 0.6 is 24.0 Å². The van der Waals surface area contributed by atoms with E-state index >= 15 is 0 Å². The summed E-state index contributed by atoms with van der Waals surface area (Å²) in [6, 6.07) is 6.80. The maximum atomic E-state index is 13.2. The summed E-state index contributed by atoms with van der Waals surface area (Å²) in [6.45, 7) is 12.1. The summed E-state index contributed by atoms with van der Waals surface area (Å²) in [5.74, 6) is 1.03. The van der Waals surface area contributed by atoms with Gasteiger partial charge in [-0.3, -0.25) is 9.89 Å². The zero-order valence-corrected chi connectivity index (χ0v) is 20.3. The Morgan fingerprint density at radius 2 is 1.86 bits per heavy atom. The van der Waals surface area contributed by atoms with Gasteiger partial charge < -0.3 is 20.1 Å². The van der Waals surface area contributed by atoms with Gasteiger partial charge in [-0.2, -0.15) is 0 Å². The van der Waals surface area contributed by atoms with Crippen molar-refractivity contribution in [3.63, 3.8) is 0 Å². The molecule has 1 aliphatic heterocycles. The van der Waals surface area contributed by atoms with Gasteiger partial charge in [0.25, 0.3) is 0 Å². The zero-order chi connectivity index (χ0) is 20.4. The van der Waals surface area contributed by atoms with Gasteiger partial charge in [0.05, 0.1) is 25.9 Å². The van der Waals surface area contributed by atoms with Gasteiger partial charge in [0.1, 0.15) is 5.82 Å². The van der Waals surface area contributed by atoms with Crippen molar-refractivity contribution in [3.05, 3.63) is 35.6 Å². The lowest BCUT2D eigenvalue weighted by Gasteiger charge is -2.36. The lowest BCUT2D eigenvalue weighted by atomic mass is 10.0. The number of hydrogen-bond donors (Lipinski definition) is 2. The first-order chi connectivity index (χ1) is 13.5. The molecule has 0 radical (unpaired) electrons. The van der Waals surface area contributed by atoms with Gasteiger partial charge >= 0.3 is 0 Å². The summed E-state index contributed by atoms with van der Waals surface area (Å²) in [5.41, 5.74) is 0.931. The number of guanidine groups is 1. The number of aliphatic imine (C=N–C) groups is 1. The van der Waals surface area contributed by atoms with Crippen LogP contribution in [0.1, 0.15) is 32.4 Å². The second-order valence-corrected chi connectivity index (χ2v) is 7.34. The van der Waals surface area contributed by atoms with Crippen LogP contribution in [0.2, 0.25) is 0 Å². The van der Waals surface area contributed by atoms with Crippen LogP contribution in [-0.4, -0.2) is 69.9 Å². The Morgan fingerprint density at radius 1 is 1.21 bits per heavy atom. The van der Waals surface area contributed by atoms with Crippen molar-refractivity contribution in [3.8, 4) is 0 Å². The fourth-order valence-corrected chi connectivity index (χ4v) is 3.39. The molecular weight excluding hydrogens is 486 g/mol. The van der Waals surface area contributed by atoms with Gasteiger partial charge in [0.2, 0.25) is 0 Å². The molecule has 8 heteroatoms. The molecule has 0 aromatic heterocycles. The summed E-state index contributed by atoms with van der Waals surface area (Å²) < 4.78 is 24.2. The van der Waals surface area contributed by atoms with E-state index in [1.807, 2.05) is 6.92 Å². The predicted octanol–water partition coefficient (Wildman–Crippen LogP) is 3.04. The molecule has 1 fully saturated rings. The first-order valence-electron chi connectivity index (χ1n) is 10.2. The van der Waals surface area contributed by atoms with Crippen molar-refractivity contribution in [2.24, 2.45) is 10.9 Å². The number of benzene rings is 1. The molecule has 1 saturated heterocycles.